The van der Waals surface area contributed by atoms with Crippen molar-refractivity contribution in [2.75, 3.05) is 19.8 Å². The first kappa shape index (κ1) is 35.4. The van der Waals surface area contributed by atoms with Crippen LogP contribution in [0.15, 0.2) is 12.2 Å². The van der Waals surface area contributed by atoms with Crippen LogP contribution < -0.4 is 0 Å². The Bertz CT molecular complexity index is 905. The Labute approximate surface area is 197 Å². The molecule has 222 valence electrons. The third-order valence-corrected chi connectivity index (χ3v) is 3.57. The van der Waals surface area contributed by atoms with E-state index >= 15 is 0 Å². The molecular weight excluding hydrogens is 597 g/mol. The van der Waals surface area contributed by atoms with Crippen LogP contribution in [0.3, 0.4) is 0 Å². The van der Waals surface area contributed by atoms with Gasteiger partial charge in [-0.1, -0.05) is 6.58 Å². The third kappa shape index (κ3) is 7.28. The van der Waals surface area contributed by atoms with Gasteiger partial charge < -0.3 is 9.47 Å². The summed E-state index contributed by atoms with van der Waals surface area (Å²) >= 11 is 0. The van der Waals surface area contributed by atoms with Gasteiger partial charge in [-0.3, -0.25) is 9.47 Å². The number of halogens is 17. The summed E-state index contributed by atoms with van der Waals surface area (Å²) < 4.78 is 232. The minimum Gasteiger partial charge on any atom is -0.459 e. The number of nitriles is 1. The van der Waals surface area contributed by atoms with Crippen molar-refractivity contribution in [3.05, 3.63) is 12.2 Å². The molecular formula is C15H8F17NO5. The Morgan fingerprint density at radius 2 is 1.16 bits per heavy atom. The normalized spacial score (nSPS) is 17.3. The fourth-order valence-electron chi connectivity index (χ4n) is 1.66. The molecule has 0 heterocycles. The zero-order valence-electron chi connectivity index (χ0n) is 17.2. The molecule has 0 aliphatic rings. The fraction of sp³-hybridized carbons (Fsp3) is 0.733. The number of rotatable bonds is 12. The van der Waals surface area contributed by atoms with Crippen molar-refractivity contribution in [1.82, 2.24) is 0 Å². The van der Waals surface area contributed by atoms with Crippen LogP contribution in [0, 0.1) is 11.3 Å². The second-order valence-electron chi connectivity index (χ2n) is 6.41. The number of alkyl halides is 17. The van der Waals surface area contributed by atoms with Crippen molar-refractivity contribution < 1.29 is 98.4 Å². The van der Waals surface area contributed by atoms with Crippen LogP contribution in [-0.2, 0) is 23.7 Å². The van der Waals surface area contributed by atoms with Gasteiger partial charge in [0.1, 0.15) is 24.9 Å². The highest BCUT2D eigenvalue weighted by atomic mass is 19.4. The van der Waals surface area contributed by atoms with Gasteiger partial charge in [-0.2, -0.15) is 79.9 Å². The van der Waals surface area contributed by atoms with Gasteiger partial charge in [0.2, 0.25) is 0 Å². The maximum atomic E-state index is 14.1. The van der Waals surface area contributed by atoms with Gasteiger partial charge in [0.25, 0.3) is 0 Å². The molecule has 2 unspecified atom stereocenters. The average molecular weight is 605 g/mol. The first-order valence-electron chi connectivity index (χ1n) is 8.48. The van der Waals surface area contributed by atoms with Gasteiger partial charge >= 0.3 is 54.3 Å². The lowest BCUT2D eigenvalue weighted by molar-refractivity contribution is -0.553. The highest BCUT2D eigenvalue weighted by Gasteiger charge is 2.85. The summed E-state index contributed by atoms with van der Waals surface area (Å²) in [6.07, 6.45) is -38.2. The first-order chi connectivity index (χ1) is 16.5. The quantitative estimate of drug-likeness (QED) is 0.0963. The Hall–Kier alpha value is -2.61. The minimum atomic E-state index is -7.99. The number of carbonyl (C=O) groups is 1. The number of esters is 1. The molecule has 0 amide bonds. The average Bonchev–Trinajstić information content (AvgIpc) is 2.69. The minimum absolute atomic E-state index is 0.914. The lowest BCUT2D eigenvalue weighted by atomic mass is 10.2. The van der Waals surface area contributed by atoms with Crippen molar-refractivity contribution >= 4 is 5.97 Å². The Morgan fingerprint density at radius 3 is 1.53 bits per heavy atom. The molecule has 0 N–H and O–H groups in total. The lowest BCUT2D eigenvalue weighted by Crippen LogP contribution is -2.67. The smallest absolute Gasteiger partial charge is 0.459 e. The van der Waals surface area contributed by atoms with Gasteiger partial charge in [0.05, 0.1) is 6.61 Å². The van der Waals surface area contributed by atoms with Crippen LogP contribution in [0.25, 0.3) is 0 Å². The summed E-state index contributed by atoms with van der Waals surface area (Å²) in [6, 6.07) is 1.11. The van der Waals surface area contributed by atoms with E-state index in [-0.39, 0.29) is 0 Å². The monoisotopic (exact) mass is 605 g/mol. The zero-order valence-corrected chi connectivity index (χ0v) is 17.2. The van der Waals surface area contributed by atoms with E-state index < -0.39 is 79.7 Å². The van der Waals surface area contributed by atoms with Crippen molar-refractivity contribution in [2.45, 2.75) is 48.4 Å². The van der Waals surface area contributed by atoms with Gasteiger partial charge in [0, 0.05) is 0 Å². The number of ether oxygens (including phenoxy) is 4. The predicted molar refractivity (Wildman–Crippen MR) is 79.4 cm³/mol. The summed E-state index contributed by atoms with van der Waals surface area (Å²) in [4.78, 5) is 11.0. The Balaban J connectivity index is 6.15. The number of hydrogen-bond acceptors (Lipinski definition) is 6. The molecule has 38 heavy (non-hydrogen) atoms. The van der Waals surface area contributed by atoms with Gasteiger partial charge in [-0.15, -0.1) is 0 Å². The van der Waals surface area contributed by atoms with Crippen molar-refractivity contribution in [1.29, 1.82) is 5.26 Å². The summed E-state index contributed by atoms with van der Waals surface area (Å²) in [6.45, 7) is -2.95. The molecule has 0 aromatic carbocycles. The van der Waals surface area contributed by atoms with Crippen LogP contribution in [0.5, 0.6) is 0 Å². The number of nitrogens with zero attached hydrogens (tertiary/aromatic N) is 1. The van der Waals surface area contributed by atoms with E-state index in [1.165, 1.54) is 4.74 Å². The summed E-state index contributed by atoms with van der Waals surface area (Å²) in [5, 5.41) is 8.28. The van der Waals surface area contributed by atoms with E-state index in [9.17, 15) is 79.4 Å². The molecule has 0 bridgehead atoms. The SMILES string of the molecule is C=C(C#N)C(=O)OCCOCC(F)(OC(F)(F)C(F)(OC(F)(F)C(F)(F)C(F)(F)F)C(F)(F)F)C(F)(F)F. The molecule has 0 fully saturated rings. The second kappa shape index (κ2) is 10.9. The molecule has 2 atom stereocenters. The van der Waals surface area contributed by atoms with E-state index in [4.69, 9.17) is 5.26 Å². The zero-order chi connectivity index (χ0) is 30.8. The molecule has 0 radical (unpaired) electrons. The Morgan fingerprint density at radius 1 is 0.684 bits per heavy atom. The van der Waals surface area contributed by atoms with Gasteiger partial charge in [0.15, 0.2) is 0 Å². The molecule has 0 aliphatic carbocycles. The van der Waals surface area contributed by atoms with Crippen LogP contribution in [-0.4, -0.2) is 74.2 Å². The molecule has 0 aromatic rings. The third-order valence-electron chi connectivity index (χ3n) is 3.57. The van der Waals surface area contributed by atoms with E-state index in [0.717, 1.165) is 6.07 Å². The summed E-state index contributed by atoms with van der Waals surface area (Å²) in [5.74, 6) is -23.8. The maximum absolute atomic E-state index is 14.1. The second-order valence-corrected chi connectivity index (χ2v) is 6.41. The van der Waals surface area contributed by atoms with Crippen LogP contribution >= 0.6 is 0 Å². The van der Waals surface area contributed by atoms with Crippen LogP contribution in [0.4, 0.5) is 74.6 Å². The Kier molecular flexibility index (Phi) is 10.1. The van der Waals surface area contributed by atoms with E-state index in [1.807, 2.05) is 4.74 Å². The molecule has 0 aliphatic heterocycles. The molecule has 23 heteroatoms. The van der Waals surface area contributed by atoms with E-state index in [0.29, 0.717) is 0 Å². The molecule has 0 aromatic heterocycles. The highest BCUT2D eigenvalue weighted by molar-refractivity contribution is 5.91. The molecule has 0 saturated carbocycles. The summed E-state index contributed by atoms with van der Waals surface area (Å²) in [5.41, 5.74) is -0.914. The van der Waals surface area contributed by atoms with Crippen LogP contribution in [0.2, 0.25) is 0 Å². The lowest BCUT2D eigenvalue weighted by Gasteiger charge is -2.40. The summed E-state index contributed by atoms with van der Waals surface area (Å²) in [7, 11) is 0. The van der Waals surface area contributed by atoms with Crippen molar-refractivity contribution in [3.63, 3.8) is 0 Å². The van der Waals surface area contributed by atoms with Crippen molar-refractivity contribution in [3.8, 4) is 6.07 Å². The number of hydrogen-bond donors (Lipinski definition) is 0. The predicted octanol–water partition coefficient (Wildman–Crippen LogP) is 5.50. The highest BCUT2D eigenvalue weighted by Crippen LogP contribution is 2.56. The van der Waals surface area contributed by atoms with Gasteiger partial charge in [-0.05, 0) is 0 Å². The number of carbonyl (C=O) groups excluding carboxylic acids is 1. The molecule has 0 saturated heterocycles. The topological polar surface area (TPSA) is 77.8 Å². The van der Waals surface area contributed by atoms with Crippen LogP contribution in [0.1, 0.15) is 0 Å². The van der Waals surface area contributed by atoms with Gasteiger partial charge in [-0.25, -0.2) is 4.79 Å². The van der Waals surface area contributed by atoms with E-state index in [2.05, 4.69) is 16.1 Å². The largest absolute Gasteiger partial charge is 0.462 e. The maximum Gasteiger partial charge on any atom is 0.462 e. The fourth-order valence-corrected chi connectivity index (χ4v) is 1.66. The standard InChI is InChI=1S/C15H8F17NO5/c1-6(4-33)7(34)36-3-2-35-5-8(16,11(20,21)22)37-15(31,32)10(19,13(26,27)28)38-14(29,30)9(17,18)12(23,24)25/h1-3,5H2. The van der Waals surface area contributed by atoms with E-state index in [1.54, 1.807) is 0 Å². The molecule has 0 spiro atoms. The molecule has 0 rings (SSSR count). The van der Waals surface area contributed by atoms with Crippen molar-refractivity contribution in [2.24, 2.45) is 0 Å². The molecule has 6 nitrogen and oxygen atoms in total. The first-order valence-corrected chi connectivity index (χ1v) is 8.48.